The van der Waals surface area contributed by atoms with E-state index in [-0.39, 0.29) is 6.42 Å². The van der Waals surface area contributed by atoms with Crippen LogP contribution >= 0.6 is 0 Å². The van der Waals surface area contributed by atoms with Crippen LogP contribution in [0.15, 0.2) is 0 Å². The number of hydrogen-bond acceptors (Lipinski definition) is 3. The third-order valence-electron chi connectivity index (χ3n) is 1.44. The Kier molecular flexibility index (Phi) is 3.11. The highest BCUT2D eigenvalue weighted by atomic mass is 16.5. The third kappa shape index (κ3) is 2.30. The smallest absolute Gasteiger partial charge is 0.189 e. The van der Waals surface area contributed by atoms with Crippen molar-refractivity contribution in [2.24, 2.45) is 0 Å². The van der Waals surface area contributed by atoms with E-state index in [0.717, 1.165) is 0 Å². The van der Waals surface area contributed by atoms with Gasteiger partial charge in [-0.05, 0) is 6.42 Å². The molecule has 0 aliphatic carbocycles. The summed E-state index contributed by atoms with van der Waals surface area (Å²) in [4.78, 5) is 0. The molecule has 1 atom stereocenters. The minimum absolute atomic E-state index is 0.155. The van der Waals surface area contributed by atoms with Gasteiger partial charge in [0, 0.05) is 6.42 Å². The van der Waals surface area contributed by atoms with Crippen LogP contribution in [0.3, 0.4) is 0 Å². The predicted octanol–water partition coefficient (Wildman–Crippen LogP) is -0.152. The molecule has 0 bridgehead atoms. The Labute approximate surface area is 54.9 Å². The maximum atomic E-state index is 8.90. The molecule has 0 amide bonds. The van der Waals surface area contributed by atoms with E-state index in [4.69, 9.17) is 15.3 Å². The van der Waals surface area contributed by atoms with Gasteiger partial charge in [-0.25, -0.2) is 0 Å². The molecule has 3 N–H and O–H groups in total. The molecule has 0 heterocycles. The van der Waals surface area contributed by atoms with E-state index in [0.29, 0.717) is 6.42 Å². The molecule has 0 aliphatic rings. The van der Waals surface area contributed by atoms with Gasteiger partial charge in [0.1, 0.15) is 6.10 Å². The Morgan fingerprint density at radius 1 is 1.33 bits per heavy atom. The first-order valence-electron chi connectivity index (χ1n) is 3.17. The van der Waals surface area contributed by atoms with Crippen molar-refractivity contribution in [3.63, 3.8) is 0 Å². The van der Waals surface area contributed by atoms with Gasteiger partial charge in [-0.15, -0.1) is 0 Å². The average molecular weight is 134 g/mol. The molecule has 0 aromatic heterocycles. The van der Waals surface area contributed by atoms with Gasteiger partial charge < -0.3 is 15.3 Å². The number of aliphatic hydroxyl groups is 3. The van der Waals surface area contributed by atoms with Crippen LogP contribution < -0.4 is 0 Å². The molecule has 9 heavy (non-hydrogen) atoms. The lowest BCUT2D eigenvalue weighted by atomic mass is 10.1. The van der Waals surface area contributed by atoms with E-state index in [9.17, 15) is 0 Å². The maximum absolute atomic E-state index is 8.90. The Morgan fingerprint density at radius 3 is 1.89 bits per heavy atom. The molecule has 0 rings (SSSR count). The fraction of sp³-hybridized carbons (Fsp3) is 1.00. The van der Waals surface area contributed by atoms with Crippen molar-refractivity contribution in [3.05, 3.63) is 0 Å². The molecular formula is C6H14O3. The van der Waals surface area contributed by atoms with E-state index >= 15 is 0 Å². The summed E-state index contributed by atoms with van der Waals surface area (Å²) in [5, 5.41) is 26.7. The monoisotopic (exact) mass is 134 g/mol. The van der Waals surface area contributed by atoms with Gasteiger partial charge >= 0.3 is 0 Å². The van der Waals surface area contributed by atoms with Crippen LogP contribution in [0.4, 0.5) is 0 Å². The zero-order chi connectivity index (χ0) is 7.49. The molecule has 0 saturated heterocycles. The molecular weight excluding hydrogens is 120 g/mol. The highest BCUT2D eigenvalue weighted by Crippen LogP contribution is 2.12. The Morgan fingerprint density at radius 2 is 1.78 bits per heavy atom. The lowest BCUT2D eigenvalue weighted by Gasteiger charge is -2.24. The summed E-state index contributed by atoms with van der Waals surface area (Å²) >= 11 is 0. The maximum Gasteiger partial charge on any atom is 0.189 e. The molecule has 0 aliphatic heterocycles. The van der Waals surface area contributed by atoms with Gasteiger partial charge in [0.2, 0.25) is 0 Å². The van der Waals surface area contributed by atoms with Gasteiger partial charge in [0.05, 0.1) is 0 Å². The first-order chi connectivity index (χ1) is 4.04. The van der Waals surface area contributed by atoms with Crippen LogP contribution in [0.2, 0.25) is 0 Å². The van der Waals surface area contributed by atoms with Crippen LogP contribution in [-0.2, 0) is 0 Å². The molecule has 56 valence electrons. The van der Waals surface area contributed by atoms with Crippen molar-refractivity contribution in [2.45, 2.75) is 38.6 Å². The lowest BCUT2D eigenvalue weighted by Crippen LogP contribution is -2.40. The normalized spacial score (nSPS) is 15.7. The van der Waals surface area contributed by atoms with Crippen molar-refractivity contribution >= 4 is 0 Å². The summed E-state index contributed by atoms with van der Waals surface area (Å²) in [6, 6.07) is 0. The van der Waals surface area contributed by atoms with Crippen molar-refractivity contribution in [1.29, 1.82) is 0 Å². The van der Waals surface area contributed by atoms with Gasteiger partial charge in [-0.2, -0.15) is 0 Å². The van der Waals surface area contributed by atoms with E-state index in [1.54, 1.807) is 13.8 Å². The van der Waals surface area contributed by atoms with E-state index < -0.39 is 11.9 Å². The molecule has 0 aromatic carbocycles. The first kappa shape index (κ1) is 8.88. The highest BCUT2D eigenvalue weighted by molar-refractivity contribution is 4.70. The quantitative estimate of drug-likeness (QED) is 0.470. The molecule has 1 unspecified atom stereocenters. The van der Waals surface area contributed by atoms with Crippen molar-refractivity contribution in [3.8, 4) is 0 Å². The molecule has 0 spiro atoms. The highest BCUT2D eigenvalue weighted by Gasteiger charge is 2.28. The molecule has 3 nitrogen and oxygen atoms in total. The van der Waals surface area contributed by atoms with Gasteiger partial charge in [0.15, 0.2) is 5.79 Å². The first-order valence-corrected chi connectivity index (χ1v) is 3.17. The van der Waals surface area contributed by atoms with Crippen LogP contribution in [0.5, 0.6) is 0 Å². The van der Waals surface area contributed by atoms with Crippen molar-refractivity contribution in [2.75, 3.05) is 0 Å². The third-order valence-corrected chi connectivity index (χ3v) is 1.44. The van der Waals surface area contributed by atoms with Crippen LogP contribution in [0.1, 0.15) is 26.7 Å². The minimum Gasteiger partial charge on any atom is -0.388 e. The van der Waals surface area contributed by atoms with Crippen LogP contribution in [0.25, 0.3) is 0 Å². The summed E-state index contributed by atoms with van der Waals surface area (Å²) in [6.07, 6.45) is -0.509. The van der Waals surface area contributed by atoms with Gasteiger partial charge in [0.25, 0.3) is 0 Å². The topological polar surface area (TPSA) is 60.7 Å². The molecule has 0 radical (unpaired) electrons. The van der Waals surface area contributed by atoms with Gasteiger partial charge in [-0.1, -0.05) is 13.8 Å². The number of rotatable bonds is 3. The molecule has 3 heteroatoms. The summed E-state index contributed by atoms with van der Waals surface area (Å²) in [7, 11) is 0. The summed E-state index contributed by atoms with van der Waals surface area (Å²) in [5.41, 5.74) is 0. The van der Waals surface area contributed by atoms with Crippen molar-refractivity contribution < 1.29 is 15.3 Å². The Bertz CT molecular complexity index is 80.4. The van der Waals surface area contributed by atoms with Gasteiger partial charge in [-0.3, -0.25) is 0 Å². The van der Waals surface area contributed by atoms with Crippen LogP contribution in [0, 0.1) is 0 Å². The zero-order valence-corrected chi connectivity index (χ0v) is 5.83. The molecule has 0 aromatic rings. The minimum atomic E-state index is -1.89. The van der Waals surface area contributed by atoms with Crippen molar-refractivity contribution in [1.82, 2.24) is 0 Å². The SMILES string of the molecule is CCC(O)C(O)(O)CC. The fourth-order valence-corrected chi connectivity index (χ4v) is 0.563. The van der Waals surface area contributed by atoms with E-state index in [1.165, 1.54) is 0 Å². The average Bonchev–Trinajstić information content (AvgIpc) is 1.86. The summed E-state index contributed by atoms with van der Waals surface area (Å²) < 4.78 is 0. The van der Waals surface area contributed by atoms with E-state index in [1.807, 2.05) is 0 Å². The molecule has 0 fully saturated rings. The van der Waals surface area contributed by atoms with E-state index in [2.05, 4.69) is 0 Å². The molecule has 0 saturated carbocycles. The second-order valence-corrected chi connectivity index (χ2v) is 2.16. The number of aliphatic hydroxyl groups excluding tert-OH is 1. The second kappa shape index (κ2) is 3.15. The second-order valence-electron chi connectivity index (χ2n) is 2.16. The number of hydrogen-bond donors (Lipinski definition) is 3. The predicted molar refractivity (Wildman–Crippen MR) is 33.8 cm³/mol. The largest absolute Gasteiger partial charge is 0.388 e. The van der Waals surface area contributed by atoms with Crippen LogP contribution in [-0.4, -0.2) is 27.2 Å². The summed E-state index contributed by atoms with van der Waals surface area (Å²) in [6.45, 7) is 3.31. The standard InChI is InChI=1S/C6H14O3/c1-3-5(7)6(8,9)4-2/h5,7-9H,3-4H2,1-2H3. The fourth-order valence-electron chi connectivity index (χ4n) is 0.563. The summed E-state index contributed by atoms with van der Waals surface area (Å²) in [5.74, 6) is -1.89. The zero-order valence-electron chi connectivity index (χ0n) is 5.83. The lowest BCUT2D eigenvalue weighted by molar-refractivity contribution is -0.226. The Balaban J connectivity index is 3.80. The Hall–Kier alpha value is -0.120.